The lowest BCUT2D eigenvalue weighted by Gasteiger charge is -2.22. The van der Waals surface area contributed by atoms with E-state index in [9.17, 15) is 9.59 Å². The summed E-state index contributed by atoms with van der Waals surface area (Å²) in [5.74, 6) is -1.51. The summed E-state index contributed by atoms with van der Waals surface area (Å²) < 4.78 is 0. The fourth-order valence-electron chi connectivity index (χ4n) is 1.66. The fourth-order valence-corrected chi connectivity index (χ4v) is 3.71. The first-order valence-electron chi connectivity index (χ1n) is 5.17. The number of hydrogen-bond acceptors (Lipinski definition) is 2. The van der Waals surface area contributed by atoms with Crippen LogP contribution in [0.25, 0.3) is 0 Å². The maximum atomic E-state index is 11.8. The smallest absolute Gasteiger partial charge is 0.218 e. The van der Waals surface area contributed by atoms with Crippen molar-refractivity contribution in [2.75, 3.05) is 0 Å². The molecular formula is C12Cl8O2. The second kappa shape index (κ2) is 6.70. The molecule has 2 rings (SSSR count). The average molecular weight is 460 g/mol. The molecule has 0 atom stereocenters. The third-order valence-corrected chi connectivity index (χ3v) is 6.04. The molecule has 22 heavy (non-hydrogen) atoms. The van der Waals surface area contributed by atoms with Gasteiger partial charge in [0.25, 0.3) is 0 Å². The number of halogens is 8. The van der Waals surface area contributed by atoms with E-state index in [1.165, 1.54) is 0 Å². The molecule has 0 saturated carbocycles. The van der Waals surface area contributed by atoms with E-state index in [0.717, 1.165) is 0 Å². The summed E-state index contributed by atoms with van der Waals surface area (Å²) in [6, 6.07) is 0. The van der Waals surface area contributed by atoms with E-state index in [2.05, 4.69) is 0 Å². The van der Waals surface area contributed by atoms with Gasteiger partial charge in [-0.3, -0.25) is 9.59 Å². The van der Waals surface area contributed by atoms with Crippen LogP contribution in [0, 0.1) is 0 Å². The van der Waals surface area contributed by atoms with E-state index in [1.807, 2.05) is 0 Å². The van der Waals surface area contributed by atoms with Crippen molar-refractivity contribution in [2.45, 2.75) is 0 Å². The molecule has 0 aromatic carbocycles. The van der Waals surface area contributed by atoms with E-state index in [0.29, 0.717) is 0 Å². The predicted octanol–water partition coefficient (Wildman–Crippen LogP) is 6.21. The number of carbonyl (C=O) groups excluding carboxylic acids is 2. The first-order valence-corrected chi connectivity index (χ1v) is 8.19. The molecule has 0 aliphatic heterocycles. The number of ketones is 2. The van der Waals surface area contributed by atoms with E-state index >= 15 is 0 Å². The van der Waals surface area contributed by atoms with Crippen molar-refractivity contribution in [1.82, 2.24) is 0 Å². The first-order chi connectivity index (χ1) is 10.1. The summed E-state index contributed by atoms with van der Waals surface area (Å²) in [5.41, 5.74) is -0.0894. The molecule has 116 valence electrons. The van der Waals surface area contributed by atoms with Crippen molar-refractivity contribution in [1.29, 1.82) is 0 Å². The minimum absolute atomic E-state index is 0.0447. The minimum Gasteiger partial charge on any atom is -0.286 e. The second-order valence-corrected chi connectivity index (χ2v) is 6.94. The van der Waals surface area contributed by atoms with Crippen molar-refractivity contribution in [3.8, 4) is 0 Å². The molecular weight excluding hydrogens is 460 g/mol. The van der Waals surface area contributed by atoms with Crippen LogP contribution in [0.4, 0.5) is 0 Å². The largest absolute Gasteiger partial charge is 0.286 e. The van der Waals surface area contributed by atoms with Gasteiger partial charge < -0.3 is 0 Å². The number of carbonyl (C=O) groups is 2. The van der Waals surface area contributed by atoms with Gasteiger partial charge >= 0.3 is 0 Å². The highest BCUT2D eigenvalue weighted by Crippen LogP contribution is 2.49. The van der Waals surface area contributed by atoms with E-state index in [-0.39, 0.29) is 51.4 Å². The maximum Gasteiger partial charge on any atom is 0.218 e. The molecule has 2 aliphatic carbocycles. The summed E-state index contributed by atoms with van der Waals surface area (Å²) in [6.07, 6.45) is 0. The standard InChI is InChI=1S/C12Cl8O2/c13-3-1(4(14)8(18)11(21)7(3)17)2-5(15)9(19)12(22)10(20)6(2)16. The molecule has 0 amide bonds. The highest BCUT2D eigenvalue weighted by molar-refractivity contribution is 6.64. The lowest BCUT2D eigenvalue weighted by molar-refractivity contribution is -0.112. The van der Waals surface area contributed by atoms with Gasteiger partial charge in [0, 0.05) is 11.1 Å². The van der Waals surface area contributed by atoms with Crippen LogP contribution in [0.2, 0.25) is 0 Å². The Hall–Kier alpha value is 0.360. The van der Waals surface area contributed by atoms with Gasteiger partial charge in [-0.25, -0.2) is 0 Å². The van der Waals surface area contributed by atoms with Gasteiger partial charge in [-0.15, -0.1) is 0 Å². The summed E-state index contributed by atoms with van der Waals surface area (Å²) in [7, 11) is 0. The van der Waals surface area contributed by atoms with Crippen LogP contribution in [0.5, 0.6) is 0 Å². The molecule has 10 heteroatoms. The predicted molar refractivity (Wildman–Crippen MR) is 92.0 cm³/mol. The van der Waals surface area contributed by atoms with Crippen LogP contribution in [0.3, 0.4) is 0 Å². The van der Waals surface area contributed by atoms with Gasteiger partial charge in [-0.05, 0) is 0 Å². The number of hydrogen-bond donors (Lipinski definition) is 0. The monoisotopic (exact) mass is 456 g/mol. The van der Waals surface area contributed by atoms with E-state index in [4.69, 9.17) is 92.8 Å². The quantitative estimate of drug-likeness (QED) is 0.432. The zero-order chi connectivity index (χ0) is 16.9. The molecule has 0 unspecified atom stereocenters. The maximum absolute atomic E-state index is 11.8. The van der Waals surface area contributed by atoms with Gasteiger partial charge in [0.1, 0.15) is 20.1 Å². The Morgan fingerprint density at radius 3 is 0.727 bits per heavy atom. The molecule has 0 aromatic rings. The third-order valence-electron chi connectivity index (χ3n) is 2.70. The lowest BCUT2D eigenvalue weighted by atomic mass is 9.97. The second-order valence-electron chi connectivity index (χ2n) is 3.92. The molecule has 2 nitrogen and oxygen atoms in total. The first kappa shape index (κ1) is 18.7. The Balaban J connectivity index is 2.94. The van der Waals surface area contributed by atoms with Crippen molar-refractivity contribution in [2.24, 2.45) is 0 Å². The van der Waals surface area contributed by atoms with Crippen LogP contribution in [0.1, 0.15) is 0 Å². The number of rotatable bonds is 0. The normalized spacial score (nSPS) is 20.9. The van der Waals surface area contributed by atoms with E-state index < -0.39 is 11.6 Å². The molecule has 0 spiro atoms. The highest BCUT2D eigenvalue weighted by atomic mass is 35.5. The molecule has 0 bridgehead atoms. The Morgan fingerprint density at radius 2 is 0.545 bits per heavy atom. The molecule has 0 N–H and O–H groups in total. The molecule has 0 radical (unpaired) electrons. The van der Waals surface area contributed by atoms with Crippen LogP contribution in [-0.2, 0) is 9.59 Å². The summed E-state index contributed by atoms with van der Waals surface area (Å²) in [4.78, 5) is 23.5. The van der Waals surface area contributed by atoms with E-state index in [1.54, 1.807) is 0 Å². The molecule has 2 aliphatic rings. The van der Waals surface area contributed by atoms with Gasteiger partial charge in [0.15, 0.2) is 0 Å². The van der Waals surface area contributed by atoms with Crippen LogP contribution < -0.4 is 0 Å². The summed E-state index contributed by atoms with van der Waals surface area (Å²) in [5, 5.41) is -2.47. The SMILES string of the molecule is O=C1C(Cl)=C(Cl)C(=C2C(Cl)=C(Cl)C(=O)C(Cl)=C2Cl)C(Cl)=C1Cl. The van der Waals surface area contributed by atoms with Crippen LogP contribution >= 0.6 is 92.8 Å². The molecule has 0 fully saturated rings. The van der Waals surface area contributed by atoms with Crippen LogP contribution in [0.15, 0.2) is 51.4 Å². The molecule has 0 aromatic heterocycles. The zero-order valence-corrected chi connectivity index (χ0v) is 15.9. The van der Waals surface area contributed by atoms with Gasteiger partial charge in [0.05, 0.1) is 20.1 Å². The topological polar surface area (TPSA) is 34.1 Å². The van der Waals surface area contributed by atoms with Crippen molar-refractivity contribution < 1.29 is 9.59 Å². The Labute approximate surface area is 164 Å². The number of Topliss-reactive ketones (excluding diaryl/α,β-unsaturated/α-hetero) is 2. The van der Waals surface area contributed by atoms with Gasteiger partial charge in [0.2, 0.25) is 11.6 Å². The fraction of sp³-hybridized carbons (Fsp3) is 0. The molecule has 0 saturated heterocycles. The lowest BCUT2D eigenvalue weighted by Crippen LogP contribution is -2.15. The summed E-state index contributed by atoms with van der Waals surface area (Å²) in [6.45, 7) is 0. The van der Waals surface area contributed by atoms with Crippen LogP contribution in [-0.4, -0.2) is 11.6 Å². The van der Waals surface area contributed by atoms with Crippen molar-refractivity contribution in [3.05, 3.63) is 51.4 Å². The average Bonchev–Trinajstić information content (AvgIpc) is 2.50. The van der Waals surface area contributed by atoms with Gasteiger partial charge in [-0.1, -0.05) is 92.8 Å². The highest BCUT2D eigenvalue weighted by Gasteiger charge is 2.36. The van der Waals surface area contributed by atoms with Crippen molar-refractivity contribution in [3.63, 3.8) is 0 Å². The summed E-state index contributed by atoms with van der Waals surface area (Å²) >= 11 is 47.5. The Kier molecular flexibility index (Phi) is 5.69. The third kappa shape index (κ3) is 2.78. The molecule has 0 heterocycles. The Morgan fingerprint density at radius 1 is 0.364 bits per heavy atom. The Bertz CT molecular complexity index is 668. The zero-order valence-electron chi connectivity index (χ0n) is 9.84. The van der Waals surface area contributed by atoms with Gasteiger partial charge in [-0.2, -0.15) is 0 Å². The minimum atomic E-state index is -0.757. The number of allylic oxidation sites excluding steroid dienone is 10. The van der Waals surface area contributed by atoms with Crippen molar-refractivity contribution >= 4 is 104 Å².